The second-order valence-electron chi connectivity index (χ2n) is 30.3. The molecule has 96 heavy (non-hydrogen) atoms. The Bertz CT molecular complexity index is 3300. The Labute approximate surface area is 592 Å². The number of esters is 2. The van der Waals surface area contributed by atoms with Gasteiger partial charge in [0.25, 0.3) is 0 Å². The summed E-state index contributed by atoms with van der Waals surface area (Å²) < 4.78 is 37.0. The van der Waals surface area contributed by atoms with Crippen molar-refractivity contribution in [2.24, 2.45) is 58.2 Å². The normalized spacial score (nSPS) is 32.4. The van der Waals surface area contributed by atoms with E-state index in [1.807, 2.05) is 50.2 Å². The fraction of sp³-hybridized carbons (Fsp3) is 0.711. The zero-order valence-corrected chi connectivity index (χ0v) is 60.7. The summed E-state index contributed by atoms with van der Waals surface area (Å²) >= 11 is 0. The summed E-state index contributed by atoms with van der Waals surface area (Å²) in [4.78, 5) is 105. The fourth-order valence-corrected chi connectivity index (χ4v) is 18.7. The molecule has 9 aliphatic rings. The monoisotopic (exact) mass is 1390 g/mol. The van der Waals surface area contributed by atoms with E-state index in [2.05, 4.69) is 33.3 Å². The number of carbonyl (C=O) groups excluding carboxylic acids is 6. The van der Waals surface area contributed by atoms with E-state index in [9.17, 15) is 28.8 Å². The number of hydrogen-bond acceptors (Lipinski definition) is 16. The van der Waals surface area contributed by atoms with Crippen LogP contribution in [0.2, 0.25) is 0 Å². The first-order chi connectivity index (χ1) is 45.5. The van der Waals surface area contributed by atoms with Gasteiger partial charge in [0, 0.05) is 49.2 Å². The summed E-state index contributed by atoms with van der Waals surface area (Å²) in [5.74, 6) is 1.82. The van der Waals surface area contributed by atoms with Crippen molar-refractivity contribution in [3.05, 3.63) is 47.8 Å². The smallest absolute Gasteiger partial charge is 0.307 e. The molecule has 4 aliphatic heterocycles. The average Bonchev–Trinajstić information content (AvgIpc) is 1.59. The minimum Gasteiger partial charge on any atom is -0.540 e. The van der Waals surface area contributed by atoms with E-state index in [1.165, 1.54) is 6.42 Å². The molecule has 6 heterocycles. The number of aryl methyl sites for hydroxylation is 2. The first-order valence-corrected chi connectivity index (χ1v) is 36.3. The maximum atomic E-state index is 14.7. The zero-order valence-electron chi connectivity index (χ0n) is 57.9. The molecule has 5 aliphatic carbocycles. The summed E-state index contributed by atoms with van der Waals surface area (Å²) in [5, 5.41) is 0. The predicted molar refractivity (Wildman–Crippen MR) is 355 cm³/mol. The second-order valence-corrected chi connectivity index (χ2v) is 30.3. The summed E-state index contributed by atoms with van der Waals surface area (Å²) in [6, 6.07) is 9.82. The van der Waals surface area contributed by atoms with Crippen molar-refractivity contribution in [2.75, 3.05) is 27.3 Å². The molecule has 14 atom stereocenters. The summed E-state index contributed by atoms with van der Waals surface area (Å²) in [6.45, 7) is 10.9. The molecule has 0 spiro atoms. The predicted octanol–water partition coefficient (Wildman–Crippen LogP) is 13.3. The van der Waals surface area contributed by atoms with E-state index in [1.54, 1.807) is 24.0 Å². The number of fused-ring (bicyclic) bond motifs is 12. The Morgan fingerprint density at radius 2 is 0.990 bits per heavy atom. The van der Waals surface area contributed by atoms with Gasteiger partial charge in [-0.05, 0) is 174 Å². The van der Waals surface area contributed by atoms with Gasteiger partial charge in [-0.3, -0.25) is 19.2 Å². The van der Waals surface area contributed by atoms with Gasteiger partial charge in [0.15, 0.2) is 0 Å². The van der Waals surface area contributed by atoms with E-state index >= 15 is 0 Å². The van der Waals surface area contributed by atoms with Crippen LogP contribution in [0.15, 0.2) is 36.4 Å². The van der Waals surface area contributed by atoms with Crippen LogP contribution in [-0.4, -0.2) is 129 Å². The van der Waals surface area contributed by atoms with Gasteiger partial charge in [-0.15, -0.1) is 0 Å². The van der Waals surface area contributed by atoms with Crippen LogP contribution >= 0.6 is 0 Å². The summed E-state index contributed by atoms with van der Waals surface area (Å²) in [6.07, 6.45) is 29.3. The number of ether oxygens (including phenoxy) is 6. The number of benzene rings is 2. The van der Waals surface area contributed by atoms with Crippen molar-refractivity contribution < 1.29 is 94.3 Å². The Morgan fingerprint density at radius 1 is 0.521 bits per heavy atom. The van der Waals surface area contributed by atoms with Crippen LogP contribution in [0.3, 0.4) is 0 Å². The molecule has 2 saturated heterocycles. The molecule has 2 aromatic carbocycles. The Hall–Kier alpha value is -5.29. The van der Waals surface area contributed by atoms with E-state index in [4.69, 9.17) is 48.4 Å². The SMILES string of the molecule is CC[C@@H]1[C@@H]2CN(C(=O)[C@H](C3(C)CCCCC3)CC(=O)O[C@@H]3CC4CC4[C@H]3CCCCCc3nc4ccc(OC)cc4nc3O2)[C@@H]1[C-]=O.CC[C@@H]1[C@@H]2CN(C(=O)[C@H](C3(C)CCCCC3)CC(=O)O[C@]3(C)CCC[C@H]3CCCCCc3nc4ccc(OC)cc4nc3O2)[C@@H]1[C-]=O.[V].[V]. The van der Waals surface area contributed by atoms with Crippen molar-refractivity contribution in [3.63, 3.8) is 0 Å². The fourth-order valence-electron chi connectivity index (χ4n) is 18.7. The number of aromatic nitrogens is 4. The minimum absolute atomic E-state index is 0. The van der Waals surface area contributed by atoms with Gasteiger partial charge in [0.2, 0.25) is 23.6 Å². The molecular weight excluding hydrogens is 1290 g/mol. The quantitative estimate of drug-likeness (QED) is 0.118. The first kappa shape index (κ1) is 73.4. The van der Waals surface area contributed by atoms with Gasteiger partial charge in [-0.2, -0.15) is 0 Å². The van der Waals surface area contributed by atoms with Crippen LogP contribution in [0.5, 0.6) is 23.3 Å². The molecule has 4 aromatic rings. The largest absolute Gasteiger partial charge is 0.540 e. The number of methoxy groups -OCH3 is 2. The molecule has 0 N–H and O–H groups in total. The molecule has 20 heteroatoms. The van der Waals surface area contributed by atoms with Gasteiger partial charge in [0.05, 0.1) is 74.1 Å². The number of amides is 2. The van der Waals surface area contributed by atoms with Crippen molar-refractivity contribution in [1.29, 1.82) is 0 Å². The molecule has 5 saturated carbocycles. The van der Waals surface area contributed by atoms with E-state index < -0.39 is 41.7 Å². The molecule has 2 unspecified atom stereocenters. The van der Waals surface area contributed by atoms with Crippen molar-refractivity contribution >= 4 is 58.4 Å². The maximum absolute atomic E-state index is 14.7. The van der Waals surface area contributed by atoms with E-state index in [0.717, 1.165) is 170 Å². The van der Waals surface area contributed by atoms with Crippen LogP contribution in [-0.2, 0) is 88.2 Å². The topological polar surface area (TPSA) is 216 Å². The Morgan fingerprint density at radius 3 is 1.47 bits per heavy atom. The first-order valence-electron chi connectivity index (χ1n) is 36.3. The summed E-state index contributed by atoms with van der Waals surface area (Å²) in [5.41, 5.74) is 3.30. The molecule has 4 bridgehead atoms. The van der Waals surface area contributed by atoms with Gasteiger partial charge in [-0.1, -0.05) is 117 Å². The van der Waals surface area contributed by atoms with Crippen LogP contribution in [0, 0.1) is 58.2 Å². The standard InChI is InChI=1S/C38H50N3O6.C38H52N3O6.2V/c1-4-25-32(22-42)41-21-34(25)47-36-30(39-29-14-13-24(45-3)19-31(29)40-36)12-8-5-7-11-26-27-17-23(27)18-33(26)46-35(43)20-28(37(41)44)38(2)15-9-6-10-16-38;1-5-27-32(24-42)41-23-33(27)46-35-30(39-29-17-16-26(45-4)21-31(29)40-35)15-9-6-8-13-25-14-12-20-38(25,3)47-34(43)22-28(36(41)44)37(2)18-10-7-11-19-37;;/h13-14,19,23,25-28,32-34H,4-12,15-18,20-21H2,1-3H3;16-17,21,25,27-28,32-33H,5-15,18-20,22-23H2,1-4H3;;/q2*-1;;/t23?,25-,26+,27?,28+,32+,33+,34-;25-,27+,28-,32-,33+,38-;;/m01../s1. The van der Waals surface area contributed by atoms with Crippen LogP contribution < -0.4 is 18.9 Å². The second kappa shape index (κ2) is 31.9. The molecule has 2 aromatic heterocycles. The van der Waals surface area contributed by atoms with Crippen molar-refractivity contribution in [1.82, 2.24) is 29.7 Å². The minimum atomic E-state index is -0.765. The third-order valence-electron chi connectivity index (χ3n) is 24.5. The van der Waals surface area contributed by atoms with E-state index in [-0.39, 0.29) is 116 Å². The van der Waals surface area contributed by atoms with Crippen molar-refractivity contribution in [2.45, 2.75) is 257 Å². The molecule has 7 fully saturated rings. The third-order valence-corrected chi connectivity index (χ3v) is 24.5. The van der Waals surface area contributed by atoms with Crippen LogP contribution in [0.4, 0.5) is 0 Å². The number of hydrogen-bond donors (Lipinski definition) is 0. The number of carbonyl (C=O) groups is 4. The van der Waals surface area contributed by atoms with Crippen molar-refractivity contribution in [3.8, 4) is 23.3 Å². The zero-order chi connectivity index (χ0) is 65.9. The average molecular weight is 1390 g/mol. The Balaban J connectivity index is 0.000000205. The summed E-state index contributed by atoms with van der Waals surface area (Å²) in [7, 11) is 3.25. The molecule has 2 radical (unpaired) electrons. The van der Waals surface area contributed by atoms with E-state index in [0.29, 0.717) is 77.2 Å². The Kier molecular flexibility index (Phi) is 24.4. The third kappa shape index (κ3) is 15.7. The number of nitrogens with zero attached hydrogens (tertiary/aromatic N) is 6. The molecule has 520 valence electrons. The maximum Gasteiger partial charge on any atom is 0.307 e. The van der Waals surface area contributed by atoms with Gasteiger partial charge < -0.3 is 47.8 Å². The molecule has 13 rings (SSSR count). The molecular formula is C76H102N6O12V2-2. The molecule has 2 amide bonds. The van der Waals surface area contributed by atoms with Crippen LogP contribution in [0.1, 0.15) is 219 Å². The van der Waals surface area contributed by atoms with Gasteiger partial charge in [-0.25, -0.2) is 32.5 Å². The van der Waals surface area contributed by atoms with Gasteiger partial charge in [0.1, 0.15) is 46.8 Å². The van der Waals surface area contributed by atoms with Crippen LogP contribution in [0.25, 0.3) is 22.1 Å². The number of rotatable bonds is 8. The van der Waals surface area contributed by atoms with Gasteiger partial charge >= 0.3 is 11.9 Å². The molecule has 18 nitrogen and oxygen atoms in total.